The fourth-order valence-electron chi connectivity index (χ4n) is 0.481. The Hall–Kier alpha value is -0.200. The van der Waals surface area contributed by atoms with Gasteiger partial charge in [0.1, 0.15) is 6.33 Å². The molecule has 0 fully saturated rings. The quantitative estimate of drug-likeness (QED) is 0.560. The van der Waals surface area contributed by atoms with Crippen LogP contribution in [0.1, 0.15) is 0 Å². The topological polar surface area (TPSA) is 59.9 Å². The summed E-state index contributed by atoms with van der Waals surface area (Å²) in [6.07, 6.45) is 2.42. The van der Waals surface area contributed by atoms with Gasteiger partial charge in [0.25, 0.3) is 9.05 Å². The van der Waals surface area contributed by atoms with E-state index in [1.807, 2.05) is 0 Å². The van der Waals surface area contributed by atoms with E-state index in [1.54, 1.807) is 0 Å². The third kappa shape index (κ3) is 2.11. The fraction of sp³-hybridized carbons (Fsp3) is 0. The lowest BCUT2D eigenvalue weighted by Gasteiger charge is -1.94. The van der Waals surface area contributed by atoms with Gasteiger partial charge in [0, 0.05) is 16.9 Å². The van der Waals surface area contributed by atoms with Crippen LogP contribution in [0.3, 0.4) is 0 Å². The maximum Gasteiger partial charge on any atom is 0.279 e. The second-order valence-corrected chi connectivity index (χ2v) is 4.95. The molecule has 0 unspecified atom stereocenters. The Morgan fingerprint density at radius 2 is 2.18 bits per heavy atom. The zero-order valence-electron chi connectivity index (χ0n) is 5.03. The molecule has 0 saturated carbocycles. The van der Waals surface area contributed by atoms with Crippen molar-refractivity contribution in [2.75, 3.05) is 0 Å². The zero-order chi connectivity index (χ0) is 8.48. The predicted octanol–water partition coefficient (Wildman–Crippen LogP) is 1.17. The molecule has 11 heavy (non-hydrogen) atoms. The second-order valence-electron chi connectivity index (χ2n) is 1.61. The van der Waals surface area contributed by atoms with Crippen molar-refractivity contribution in [1.82, 2.24) is 9.97 Å². The molecule has 1 heterocycles. The highest BCUT2D eigenvalue weighted by Gasteiger charge is 2.15. The summed E-state index contributed by atoms with van der Waals surface area (Å²) in [4.78, 5) is 7.05. The van der Waals surface area contributed by atoms with Crippen molar-refractivity contribution in [3.63, 3.8) is 0 Å². The van der Waals surface area contributed by atoms with Gasteiger partial charge in [0.2, 0.25) is 0 Å². The van der Waals surface area contributed by atoms with Crippen LogP contribution in [0, 0.1) is 0 Å². The molecular formula is C4H2BrClN2O2S. The normalized spacial score (nSPS) is 11.5. The Morgan fingerprint density at radius 3 is 2.55 bits per heavy atom. The summed E-state index contributed by atoms with van der Waals surface area (Å²) in [5.41, 5.74) is 0. The van der Waals surface area contributed by atoms with Crippen LogP contribution in [0.25, 0.3) is 0 Å². The van der Waals surface area contributed by atoms with Gasteiger partial charge in [-0.2, -0.15) is 0 Å². The number of hydrogen-bond donors (Lipinski definition) is 0. The Balaban J connectivity index is 3.37. The van der Waals surface area contributed by atoms with Crippen molar-refractivity contribution < 1.29 is 8.42 Å². The van der Waals surface area contributed by atoms with Gasteiger partial charge < -0.3 is 0 Å². The Bertz CT molecular complexity index is 366. The lowest BCUT2D eigenvalue weighted by molar-refractivity contribution is 0.605. The summed E-state index contributed by atoms with van der Waals surface area (Å²) >= 11 is 2.94. The van der Waals surface area contributed by atoms with Crippen LogP contribution in [0.2, 0.25) is 0 Å². The van der Waals surface area contributed by atoms with Crippen LogP contribution in [0.15, 0.2) is 22.0 Å². The van der Waals surface area contributed by atoms with Crippen LogP contribution in [0.4, 0.5) is 0 Å². The van der Waals surface area contributed by atoms with Crippen LogP contribution in [-0.2, 0) is 9.05 Å². The van der Waals surface area contributed by atoms with E-state index in [9.17, 15) is 8.42 Å². The first-order chi connectivity index (χ1) is 5.02. The second kappa shape index (κ2) is 3.04. The molecule has 0 radical (unpaired) electrons. The molecule has 1 rings (SSSR count). The van der Waals surface area contributed by atoms with E-state index >= 15 is 0 Å². The summed E-state index contributed by atoms with van der Waals surface area (Å²) in [5, 5.41) is -0.214. The maximum atomic E-state index is 10.7. The molecule has 0 aliphatic heterocycles. The molecule has 1 aromatic heterocycles. The minimum Gasteiger partial charge on any atom is -0.244 e. The minimum absolute atomic E-state index is 0.214. The summed E-state index contributed by atoms with van der Waals surface area (Å²) in [7, 11) is 1.26. The zero-order valence-corrected chi connectivity index (χ0v) is 8.19. The molecule has 0 atom stereocenters. The highest BCUT2D eigenvalue weighted by atomic mass is 79.9. The molecule has 0 N–H and O–H groups in total. The number of rotatable bonds is 1. The summed E-state index contributed by atoms with van der Waals surface area (Å²) in [6.45, 7) is 0. The average molecular weight is 257 g/mol. The third-order valence-corrected chi connectivity index (χ3v) is 2.93. The average Bonchev–Trinajstić information content (AvgIpc) is 1.86. The lowest BCUT2D eigenvalue weighted by atomic mass is 10.7. The molecule has 0 aromatic carbocycles. The van der Waals surface area contributed by atoms with E-state index in [-0.39, 0.29) is 9.50 Å². The van der Waals surface area contributed by atoms with E-state index in [0.29, 0.717) is 0 Å². The molecule has 7 heteroatoms. The van der Waals surface area contributed by atoms with Crippen LogP contribution in [0.5, 0.6) is 0 Å². The van der Waals surface area contributed by atoms with Gasteiger partial charge in [-0.25, -0.2) is 18.4 Å². The van der Waals surface area contributed by atoms with Crippen molar-refractivity contribution in [3.8, 4) is 0 Å². The van der Waals surface area contributed by atoms with Gasteiger partial charge in [-0.05, 0) is 15.9 Å². The first-order valence-electron chi connectivity index (χ1n) is 2.42. The molecule has 0 spiro atoms. The van der Waals surface area contributed by atoms with Crippen LogP contribution < -0.4 is 0 Å². The highest BCUT2D eigenvalue weighted by Crippen LogP contribution is 2.20. The monoisotopic (exact) mass is 256 g/mol. The van der Waals surface area contributed by atoms with E-state index in [0.717, 1.165) is 6.33 Å². The molecule has 60 valence electrons. The maximum absolute atomic E-state index is 10.7. The molecular weight excluding hydrogens is 255 g/mol. The predicted molar refractivity (Wildman–Crippen MR) is 42.8 cm³/mol. The SMILES string of the molecule is O=S(=O)(Cl)c1ncncc1Br. The van der Waals surface area contributed by atoms with E-state index in [2.05, 4.69) is 25.9 Å². The van der Waals surface area contributed by atoms with Gasteiger partial charge in [-0.3, -0.25) is 0 Å². The number of hydrogen-bond acceptors (Lipinski definition) is 4. The summed E-state index contributed by atoms with van der Waals surface area (Å²) in [6, 6.07) is 0. The van der Waals surface area contributed by atoms with Crippen LogP contribution in [-0.4, -0.2) is 18.4 Å². The smallest absolute Gasteiger partial charge is 0.244 e. The van der Waals surface area contributed by atoms with E-state index in [1.165, 1.54) is 6.20 Å². The fourth-order valence-corrected chi connectivity index (χ4v) is 2.45. The molecule has 0 amide bonds. The first kappa shape index (κ1) is 8.89. The number of halogens is 2. The van der Waals surface area contributed by atoms with Gasteiger partial charge in [0.15, 0.2) is 5.03 Å². The molecule has 0 aliphatic carbocycles. The van der Waals surface area contributed by atoms with E-state index < -0.39 is 9.05 Å². The van der Waals surface area contributed by atoms with Crippen molar-refractivity contribution in [1.29, 1.82) is 0 Å². The summed E-state index contributed by atoms with van der Waals surface area (Å²) in [5.74, 6) is 0. The Labute approximate surface area is 76.2 Å². The van der Waals surface area contributed by atoms with Crippen molar-refractivity contribution in [2.24, 2.45) is 0 Å². The van der Waals surface area contributed by atoms with Crippen LogP contribution >= 0.6 is 26.6 Å². The van der Waals surface area contributed by atoms with Gasteiger partial charge in [-0.15, -0.1) is 0 Å². The standard InChI is InChI=1S/C4H2BrClN2O2S/c5-3-1-7-2-8-4(3)11(6,9)10/h1-2H. The number of aromatic nitrogens is 2. The molecule has 1 aromatic rings. The Morgan fingerprint density at radius 1 is 1.55 bits per heavy atom. The first-order valence-corrected chi connectivity index (χ1v) is 5.52. The molecule has 4 nitrogen and oxygen atoms in total. The van der Waals surface area contributed by atoms with Crippen molar-refractivity contribution >= 4 is 35.7 Å². The minimum atomic E-state index is -3.76. The van der Waals surface area contributed by atoms with Crippen molar-refractivity contribution in [2.45, 2.75) is 5.03 Å². The number of nitrogens with zero attached hydrogens (tertiary/aromatic N) is 2. The third-order valence-electron chi connectivity index (χ3n) is 0.865. The van der Waals surface area contributed by atoms with E-state index in [4.69, 9.17) is 10.7 Å². The highest BCUT2D eigenvalue weighted by molar-refractivity contribution is 9.10. The lowest BCUT2D eigenvalue weighted by Crippen LogP contribution is -1.96. The van der Waals surface area contributed by atoms with Gasteiger partial charge in [0.05, 0.1) is 4.47 Å². The van der Waals surface area contributed by atoms with Gasteiger partial charge in [-0.1, -0.05) is 0 Å². The largest absolute Gasteiger partial charge is 0.279 e. The van der Waals surface area contributed by atoms with Crippen molar-refractivity contribution in [3.05, 3.63) is 17.0 Å². The molecule has 0 bridgehead atoms. The Kier molecular flexibility index (Phi) is 2.46. The summed E-state index contributed by atoms with van der Waals surface area (Å²) < 4.78 is 21.7. The van der Waals surface area contributed by atoms with Gasteiger partial charge >= 0.3 is 0 Å². The molecule has 0 aliphatic rings. The molecule has 0 saturated heterocycles.